The van der Waals surface area contributed by atoms with Gasteiger partial charge in [0.15, 0.2) is 0 Å². The summed E-state index contributed by atoms with van der Waals surface area (Å²) in [5, 5.41) is 16.6. The van der Waals surface area contributed by atoms with Crippen LogP contribution in [0.4, 0.5) is 0 Å². The van der Waals surface area contributed by atoms with E-state index in [1.165, 1.54) is 5.56 Å². The molecule has 1 fully saturated rings. The van der Waals surface area contributed by atoms with Crippen molar-refractivity contribution in [1.29, 1.82) is 5.26 Å². The van der Waals surface area contributed by atoms with Crippen molar-refractivity contribution in [2.75, 3.05) is 0 Å². The number of aromatic nitrogens is 1. The fraction of sp³-hybridized carbons (Fsp3) is 0.154. The summed E-state index contributed by atoms with van der Waals surface area (Å²) in [6, 6.07) is 42.6. The van der Waals surface area contributed by atoms with Crippen LogP contribution in [0.15, 0.2) is 115 Å². The second kappa shape index (κ2) is 9.56. The molecule has 44 heavy (non-hydrogen) atoms. The quantitative estimate of drug-likeness (QED) is 0.157. The third-order valence-corrected chi connectivity index (χ3v) is 9.66. The molecule has 0 bridgehead atoms. The van der Waals surface area contributed by atoms with E-state index in [2.05, 4.69) is 135 Å². The zero-order valence-electron chi connectivity index (χ0n) is 25.3. The topological polar surface area (TPSA) is 47.2 Å². The maximum Gasteiger partial charge on any atom is 0.496 e. The second-order valence-electron chi connectivity index (χ2n) is 12.7. The molecule has 8 rings (SSSR count). The SMILES string of the molecule is CC1(C)OB(c2c3ccccc3c(-c3ccc4c(c3)c3ccc(C#N)cc3n4-c3ccccc3)c3ccccc23)OC1(C)C. The molecule has 1 aliphatic heterocycles. The van der Waals surface area contributed by atoms with Crippen molar-refractivity contribution in [2.24, 2.45) is 0 Å². The number of fused-ring (bicyclic) bond motifs is 5. The van der Waals surface area contributed by atoms with Crippen LogP contribution in [-0.4, -0.2) is 22.9 Å². The molecule has 0 N–H and O–H groups in total. The Bertz CT molecular complexity index is 2240. The van der Waals surface area contributed by atoms with Gasteiger partial charge in [0.1, 0.15) is 0 Å². The van der Waals surface area contributed by atoms with Gasteiger partial charge >= 0.3 is 7.12 Å². The number of nitriles is 1. The highest BCUT2D eigenvalue weighted by Crippen LogP contribution is 2.42. The van der Waals surface area contributed by atoms with Crippen molar-refractivity contribution in [3.05, 3.63) is 121 Å². The molecule has 0 amide bonds. The van der Waals surface area contributed by atoms with Crippen LogP contribution in [0, 0.1) is 11.3 Å². The number of hydrogen-bond donors (Lipinski definition) is 0. The number of benzene rings is 6. The maximum absolute atomic E-state index is 9.71. The first-order valence-electron chi connectivity index (χ1n) is 15.1. The van der Waals surface area contributed by atoms with Gasteiger partial charge in [-0.3, -0.25) is 0 Å². The van der Waals surface area contributed by atoms with Gasteiger partial charge in [-0.1, -0.05) is 78.9 Å². The van der Waals surface area contributed by atoms with Crippen molar-refractivity contribution in [1.82, 2.24) is 4.57 Å². The van der Waals surface area contributed by atoms with Crippen molar-refractivity contribution in [2.45, 2.75) is 38.9 Å². The summed E-state index contributed by atoms with van der Waals surface area (Å²) in [6.45, 7) is 8.41. The van der Waals surface area contributed by atoms with Gasteiger partial charge in [0.25, 0.3) is 0 Å². The van der Waals surface area contributed by atoms with Crippen LogP contribution in [0.25, 0.3) is 60.2 Å². The van der Waals surface area contributed by atoms with Gasteiger partial charge in [-0.25, -0.2) is 0 Å². The van der Waals surface area contributed by atoms with Gasteiger partial charge in [-0.15, -0.1) is 0 Å². The summed E-state index contributed by atoms with van der Waals surface area (Å²) in [5.41, 5.74) is 6.36. The Morgan fingerprint density at radius 3 is 1.80 bits per heavy atom. The van der Waals surface area contributed by atoms with Gasteiger partial charge in [0.05, 0.1) is 33.9 Å². The van der Waals surface area contributed by atoms with Gasteiger partial charge in [-0.05, 0) is 102 Å². The fourth-order valence-corrected chi connectivity index (χ4v) is 6.79. The highest BCUT2D eigenvalue weighted by Gasteiger charge is 2.52. The molecule has 1 saturated heterocycles. The molecule has 4 nitrogen and oxygen atoms in total. The molecule has 2 heterocycles. The van der Waals surface area contributed by atoms with E-state index in [0.717, 1.165) is 60.1 Å². The Morgan fingerprint density at radius 1 is 0.591 bits per heavy atom. The zero-order chi connectivity index (χ0) is 30.2. The van der Waals surface area contributed by atoms with E-state index in [1.807, 2.05) is 18.2 Å². The average Bonchev–Trinajstić information content (AvgIpc) is 3.47. The molecule has 7 aromatic rings. The zero-order valence-corrected chi connectivity index (χ0v) is 25.3. The lowest BCUT2D eigenvalue weighted by atomic mass is 9.71. The van der Waals surface area contributed by atoms with Crippen LogP contribution in [-0.2, 0) is 9.31 Å². The van der Waals surface area contributed by atoms with E-state index in [1.54, 1.807) is 0 Å². The van der Waals surface area contributed by atoms with Crippen molar-refractivity contribution in [3.8, 4) is 22.9 Å². The molecular formula is C39H31BN2O2. The van der Waals surface area contributed by atoms with Gasteiger partial charge in [0.2, 0.25) is 0 Å². The molecule has 0 radical (unpaired) electrons. The minimum absolute atomic E-state index is 0.443. The predicted molar refractivity (Wildman–Crippen MR) is 182 cm³/mol. The standard InChI is InChI=1S/C39H31BN2O2/c1-38(2)39(3,4)44-40(43-38)37-31-16-10-8-14-29(31)36(30-15-9-11-17-32(30)37)26-19-21-34-33(23-26)28-20-18-25(24-41)22-35(28)42(34)27-12-6-5-7-13-27/h5-23H,1-4H3. The molecule has 0 aliphatic carbocycles. The van der Waals surface area contributed by atoms with Crippen LogP contribution >= 0.6 is 0 Å². The van der Waals surface area contributed by atoms with E-state index < -0.39 is 18.3 Å². The molecule has 1 aromatic heterocycles. The summed E-state index contributed by atoms with van der Waals surface area (Å²) < 4.78 is 15.5. The summed E-state index contributed by atoms with van der Waals surface area (Å²) >= 11 is 0. The van der Waals surface area contributed by atoms with Crippen LogP contribution < -0.4 is 5.46 Å². The highest BCUT2D eigenvalue weighted by molar-refractivity contribution is 6.69. The Labute approximate surface area is 257 Å². The normalized spacial score (nSPS) is 15.8. The Morgan fingerprint density at radius 2 is 1.18 bits per heavy atom. The van der Waals surface area contributed by atoms with Crippen LogP contribution in [0.1, 0.15) is 33.3 Å². The first-order chi connectivity index (χ1) is 21.3. The molecular weight excluding hydrogens is 539 g/mol. The predicted octanol–water partition coefficient (Wildman–Crippen LogP) is 8.93. The molecule has 6 aromatic carbocycles. The minimum Gasteiger partial charge on any atom is -0.399 e. The van der Waals surface area contributed by atoms with Gasteiger partial charge < -0.3 is 13.9 Å². The Hall–Kier alpha value is -4.89. The summed E-state index contributed by atoms with van der Waals surface area (Å²) in [4.78, 5) is 0. The molecule has 5 heteroatoms. The fourth-order valence-electron chi connectivity index (χ4n) is 6.79. The van der Waals surface area contributed by atoms with Crippen LogP contribution in [0.2, 0.25) is 0 Å². The third kappa shape index (κ3) is 3.85. The van der Waals surface area contributed by atoms with E-state index in [0.29, 0.717) is 5.56 Å². The lowest BCUT2D eigenvalue weighted by Crippen LogP contribution is -2.41. The minimum atomic E-state index is -0.482. The van der Waals surface area contributed by atoms with Gasteiger partial charge in [0, 0.05) is 16.5 Å². The second-order valence-corrected chi connectivity index (χ2v) is 12.7. The largest absolute Gasteiger partial charge is 0.496 e. The smallest absolute Gasteiger partial charge is 0.399 e. The summed E-state index contributed by atoms with van der Waals surface area (Å²) in [5.74, 6) is 0. The number of rotatable bonds is 3. The number of hydrogen-bond acceptors (Lipinski definition) is 3. The Kier molecular flexibility index (Phi) is 5.80. The molecule has 0 atom stereocenters. The van der Waals surface area contributed by atoms with Crippen LogP contribution in [0.3, 0.4) is 0 Å². The summed E-state index contributed by atoms with van der Waals surface area (Å²) in [6.07, 6.45) is 0. The third-order valence-electron chi connectivity index (χ3n) is 9.66. The number of para-hydroxylation sites is 1. The Balaban J connectivity index is 1.43. The lowest BCUT2D eigenvalue weighted by molar-refractivity contribution is 0.00578. The molecule has 0 saturated carbocycles. The average molecular weight is 571 g/mol. The maximum atomic E-state index is 9.71. The van der Waals surface area contributed by atoms with E-state index in [-0.39, 0.29) is 0 Å². The molecule has 212 valence electrons. The van der Waals surface area contributed by atoms with Crippen molar-refractivity contribution in [3.63, 3.8) is 0 Å². The van der Waals surface area contributed by atoms with Crippen LogP contribution in [0.5, 0.6) is 0 Å². The van der Waals surface area contributed by atoms with Crippen molar-refractivity contribution < 1.29 is 9.31 Å². The van der Waals surface area contributed by atoms with Crippen molar-refractivity contribution >= 4 is 55.9 Å². The number of nitrogens with zero attached hydrogens (tertiary/aromatic N) is 2. The first-order valence-corrected chi connectivity index (χ1v) is 15.1. The molecule has 0 spiro atoms. The van der Waals surface area contributed by atoms with E-state index >= 15 is 0 Å². The molecule has 1 aliphatic rings. The highest BCUT2D eigenvalue weighted by atomic mass is 16.7. The lowest BCUT2D eigenvalue weighted by Gasteiger charge is -2.32. The molecule has 0 unspecified atom stereocenters. The van der Waals surface area contributed by atoms with E-state index in [9.17, 15) is 5.26 Å². The summed E-state index contributed by atoms with van der Waals surface area (Å²) in [7, 11) is -0.482. The van der Waals surface area contributed by atoms with E-state index in [4.69, 9.17) is 9.31 Å². The van der Waals surface area contributed by atoms with Gasteiger partial charge in [-0.2, -0.15) is 5.26 Å². The monoisotopic (exact) mass is 570 g/mol. The first kappa shape index (κ1) is 26.7.